The van der Waals surface area contributed by atoms with Crippen LogP contribution >= 0.6 is 0 Å². The molecule has 1 saturated heterocycles. The second-order valence-electron chi connectivity index (χ2n) is 5.43. The summed E-state index contributed by atoms with van der Waals surface area (Å²) in [5.74, 6) is 1.69. The Morgan fingerprint density at radius 1 is 1.24 bits per heavy atom. The van der Waals surface area contributed by atoms with Gasteiger partial charge in [-0.15, -0.1) is 0 Å². The van der Waals surface area contributed by atoms with Gasteiger partial charge in [-0.2, -0.15) is 15.0 Å². The van der Waals surface area contributed by atoms with Crippen LogP contribution in [0.4, 0.5) is 11.9 Å². The lowest BCUT2D eigenvalue weighted by Crippen LogP contribution is -2.22. The topological polar surface area (TPSA) is 72.4 Å². The summed E-state index contributed by atoms with van der Waals surface area (Å²) in [6.45, 7) is 5.20. The summed E-state index contributed by atoms with van der Waals surface area (Å²) < 4.78 is 11.1. The molecule has 0 radical (unpaired) electrons. The zero-order valence-electron chi connectivity index (χ0n) is 13.1. The average Bonchev–Trinajstić information content (AvgIpc) is 2.51. The summed E-state index contributed by atoms with van der Waals surface area (Å²) in [6, 6.07) is 0.388. The molecule has 0 bridgehead atoms. The van der Waals surface area contributed by atoms with E-state index in [2.05, 4.69) is 27.2 Å². The number of ether oxygens (including phenoxy) is 2. The molecule has 1 aromatic rings. The van der Waals surface area contributed by atoms with E-state index in [1.54, 1.807) is 0 Å². The van der Waals surface area contributed by atoms with E-state index in [1.807, 2.05) is 19.0 Å². The van der Waals surface area contributed by atoms with Crippen LogP contribution in [0.25, 0.3) is 0 Å². The highest BCUT2D eigenvalue weighted by Gasteiger charge is 2.16. The van der Waals surface area contributed by atoms with Crippen LogP contribution < -0.4 is 15.0 Å². The Morgan fingerprint density at radius 2 is 2.00 bits per heavy atom. The highest BCUT2D eigenvalue weighted by atomic mass is 16.5. The van der Waals surface area contributed by atoms with Crippen LogP contribution in [0.15, 0.2) is 0 Å². The van der Waals surface area contributed by atoms with Crippen molar-refractivity contribution in [3.05, 3.63) is 0 Å². The van der Waals surface area contributed by atoms with E-state index < -0.39 is 0 Å². The third-order valence-corrected chi connectivity index (χ3v) is 3.33. The van der Waals surface area contributed by atoms with Gasteiger partial charge < -0.3 is 19.7 Å². The van der Waals surface area contributed by atoms with Crippen LogP contribution in [-0.2, 0) is 4.74 Å². The lowest BCUT2D eigenvalue weighted by atomic mass is 10.0. The standard InChI is InChI=1S/C14H25N5O2/c1-4-7-15-12-16-13(19(2)3)18-14(17-12)21-10-11-5-8-20-9-6-11/h11H,4-10H2,1-3H3,(H,15,16,17,18). The molecule has 7 heteroatoms. The number of rotatable bonds is 7. The van der Waals surface area contributed by atoms with Crippen molar-refractivity contribution >= 4 is 11.9 Å². The van der Waals surface area contributed by atoms with Gasteiger partial charge in [0.05, 0.1) is 6.61 Å². The van der Waals surface area contributed by atoms with Crippen molar-refractivity contribution in [1.82, 2.24) is 15.0 Å². The number of anilines is 2. The van der Waals surface area contributed by atoms with Crippen LogP contribution in [0, 0.1) is 5.92 Å². The van der Waals surface area contributed by atoms with Gasteiger partial charge in [0.1, 0.15) is 0 Å². The summed E-state index contributed by atoms with van der Waals surface area (Å²) in [5, 5.41) is 3.18. The first-order valence-electron chi connectivity index (χ1n) is 7.57. The Labute approximate surface area is 126 Å². The minimum Gasteiger partial charge on any atom is -0.463 e. The van der Waals surface area contributed by atoms with Crippen molar-refractivity contribution < 1.29 is 9.47 Å². The maximum absolute atomic E-state index is 5.77. The van der Waals surface area contributed by atoms with Gasteiger partial charge >= 0.3 is 6.01 Å². The maximum Gasteiger partial charge on any atom is 0.323 e. The monoisotopic (exact) mass is 295 g/mol. The number of nitrogens with one attached hydrogen (secondary N) is 1. The summed E-state index contributed by atoms with van der Waals surface area (Å²) >= 11 is 0. The van der Waals surface area contributed by atoms with Crippen molar-refractivity contribution in [2.75, 3.05) is 50.7 Å². The van der Waals surface area contributed by atoms with E-state index in [-0.39, 0.29) is 0 Å². The highest BCUT2D eigenvalue weighted by molar-refractivity contribution is 5.36. The third kappa shape index (κ3) is 5.00. The Bertz CT molecular complexity index is 435. The normalized spacial score (nSPS) is 15.8. The maximum atomic E-state index is 5.77. The molecule has 2 heterocycles. The molecule has 0 aromatic carbocycles. The Hall–Kier alpha value is -1.63. The molecular weight excluding hydrogens is 270 g/mol. The van der Waals surface area contributed by atoms with Crippen LogP contribution in [0.1, 0.15) is 26.2 Å². The molecule has 1 aliphatic heterocycles. The Balaban J connectivity index is 2.00. The third-order valence-electron chi connectivity index (χ3n) is 3.33. The van der Waals surface area contributed by atoms with Crippen molar-refractivity contribution in [2.24, 2.45) is 5.92 Å². The summed E-state index contributed by atoms with van der Waals surface area (Å²) in [7, 11) is 3.81. The SMILES string of the molecule is CCCNc1nc(OCC2CCOCC2)nc(N(C)C)n1. The predicted octanol–water partition coefficient (Wildman–Crippen LogP) is 1.56. The minimum atomic E-state index is 0.388. The number of aromatic nitrogens is 3. The van der Waals surface area contributed by atoms with E-state index in [9.17, 15) is 0 Å². The molecule has 21 heavy (non-hydrogen) atoms. The molecule has 0 amide bonds. The zero-order valence-corrected chi connectivity index (χ0v) is 13.1. The first-order chi connectivity index (χ1) is 10.2. The van der Waals surface area contributed by atoms with Gasteiger partial charge in [-0.05, 0) is 25.2 Å². The fourth-order valence-corrected chi connectivity index (χ4v) is 2.03. The van der Waals surface area contributed by atoms with E-state index in [4.69, 9.17) is 9.47 Å². The van der Waals surface area contributed by atoms with Gasteiger partial charge in [0.2, 0.25) is 11.9 Å². The molecule has 7 nitrogen and oxygen atoms in total. The Kier molecular flexibility index (Phi) is 5.98. The predicted molar refractivity (Wildman–Crippen MR) is 82.0 cm³/mol. The van der Waals surface area contributed by atoms with Crippen molar-refractivity contribution in [1.29, 1.82) is 0 Å². The lowest BCUT2D eigenvalue weighted by molar-refractivity contribution is 0.0482. The molecule has 118 valence electrons. The van der Waals surface area contributed by atoms with Gasteiger partial charge in [-0.3, -0.25) is 0 Å². The molecule has 0 atom stereocenters. The minimum absolute atomic E-state index is 0.388. The zero-order chi connectivity index (χ0) is 15.1. The van der Waals surface area contributed by atoms with Crippen molar-refractivity contribution in [2.45, 2.75) is 26.2 Å². The highest BCUT2D eigenvalue weighted by Crippen LogP contribution is 2.18. The Morgan fingerprint density at radius 3 is 2.67 bits per heavy atom. The first kappa shape index (κ1) is 15.8. The molecule has 0 spiro atoms. The number of nitrogens with zero attached hydrogens (tertiary/aromatic N) is 4. The average molecular weight is 295 g/mol. The summed E-state index contributed by atoms with van der Waals surface area (Å²) in [4.78, 5) is 14.9. The first-order valence-corrected chi connectivity index (χ1v) is 7.57. The molecular formula is C14H25N5O2. The van der Waals surface area contributed by atoms with Gasteiger partial charge in [0.25, 0.3) is 0 Å². The molecule has 1 aromatic heterocycles. The summed E-state index contributed by atoms with van der Waals surface area (Å²) in [6.07, 6.45) is 3.08. The lowest BCUT2D eigenvalue weighted by Gasteiger charge is -2.21. The molecule has 0 aliphatic carbocycles. The van der Waals surface area contributed by atoms with Crippen LogP contribution in [0.3, 0.4) is 0 Å². The van der Waals surface area contributed by atoms with Gasteiger partial charge in [0.15, 0.2) is 0 Å². The van der Waals surface area contributed by atoms with Gasteiger partial charge in [-0.25, -0.2) is 0 Å². The number of hydrogen-bond acceptors (Lipinski definition) is 7. The smallest absolute Gasteiger partial charge is 0.323 e. The second kappa shape index (κ2) is 7.97. The van der Waals surface area contributed by atoms with Gasteiger partial charge in [-0.1, -0.05) is 6.92 Å². The van der Waals surface area contributed by atoms with Crippen molar-refractivity contribution in [3.8, 4) is 6.01 Å². The molecule has 1 aliphatic rings. The van der Waals surface area contributed by atoms with Gasteiger partial charge in [0, 0.05) is 33.9 Å². The van der Waals surface area contributed by atoms with E-state index >= 15 is 0 Å². The summed E-state index contributed by atoms with van der Waals surface area (Å²) in [5.41, 5.74) is 0. The number of hydrogen-bond donors (Lipinski definition) is 1. The molecule has 2 rings (SSSR count). The van der Waals surface area contributed by atoms with Crippen LogP contribution in [0.5, 0.6) is 6.01 Å². The largest absolute Gasteiger partial charge is 0.463 e. The molecule has 1 N–H and O–H groups in total. The fourth-order valence-electron chi connectivity index (χ4n) is 2.03. The van der Waals surface area contributed by atoms with E-state index in [0.29, 0.717) is 30.4 Å². The molecule has 1 fully saturated rings. The molecule has 0 saturated carbocycles. The van der Waals surface area contributed by atoms with E-state index in [0.717, 1.165) is 39.0 Å². The van der Waals surface area contributed by atoms with Crippen LogP contribution in [-0.4, -0.2) is 55.4 Å². The molecule has 0 unspecified atom stereocenters. The fraction of sp³-hybridized carbons (Fsp3) is 0.786. The quantitative estimate of drug-likeness (QED) is 0.818. The van der Waals surface area contributed by atoms with Crippen molar-refractivity contribution in [3.63, 3.8) is 0 Å². The van der Waals surface area contributed by atoms with Crippen LogP contribution in [0.2, 0.25) is 0 Å². The van der Waals surface area contributed by atoms with E-state index in [1.165, 1.54) is 0 Å². The second-order valence-corrected chi connectivity index (χ2v) is 5.43.